The summed E-state index contributed by atoms with van der Waals surface area (Å²) < 4.78 is 38.4. The fourth-order valence-electron chi connectivity index (χ4n) is 2.28. The molecular formula is C15H13ClN2O4S. The fraction of sp³-hybridized carbons (Fsp3) is 0.133. The highest BCUT2D eigenvalue weighted by Crippen LogP contribution is 2.37. The summed E-state index contributed by atoms with van der Waals surface area (Å²) in [5.74, 6) is 1.10. The largest absolute Gasteiger partial charge is 0.495 e. The molecule has 1 aliphatic heterocycles. The summed E-state index contributed by atoms with van der Waals surface area (Å²) in [6.45, 7) is 0. The summed E-state index contributed by atoms with van der Waals surface area (Å²) in [5.41, 5.74) is 1.00. The number of anilines is 1. The Kier molecular flexibility index (Phi) is 3.91. The Morgan fingerprint density at radius 2 is 1.78 bits per heavy atom. The number of hydrogen-bond donors (Lipinski definition) is 1. The minimum Gasteiger partial charge on any atom is -0.495 e. The normalized spacial score (nSPS) is 14.8. The Hall–Kier alpha value is -2.25. The number of hydrogen-bond acceptors (Lipinski definition) is 5. The quantitative estimate of drug-likeness (QED) is 0.919. The Morgan fingerprint density at radius 1 is 1.09 bits per heavy atom. The molecule has 1 aliphatic rings. The molecule has 0 spiro atoms. The van der Waals surface area contributed by atoms with Crippen molar-refractivity contribution in [3.05, 3.63) is 47.0 Å². The molecule has 1 heterocycles. The van der Waals surface area contributed by atoms with Crippen LogP contribution in [0.2, 0.25) is 5.02 Å². The maximum Gasteiger partial charge on any atom is 0.285 e. The van der Waals surface area contributed by atoms with Crippen LogP contribution in [0.15, 0.2) is 45.7 Å². The first-order valence-corrected chi connectivity index (χ1v) is 8.41. The van der Waals surface area contributed by atoms with Gasteiger partial charge in [-0.3, -0.25) is 0 Å². The second-order valence-corrected chi connectivity index (χ2v) is 6.70. The van der Waals surface area contributed by atoms with Gasteiger partial charge in [-0.05, 0) is 12.1 Å². The van der Waals surface area contributed by atoms with E-state index in [1.165, 1.54) is 20.3 Å². The topological polar surface area (TPSA) is 77.0 Å². The molecule has 2 aromatic rings. The van der Waals surface area contributed by atoms with Crippen molar-refractivity contribution in [3.8, 4) is 11.5 Å². The highest BCUT2D eigenvalue weighted by Gasteiger charge is 2.29. The molecule has 3 rings (SSSR count). The number of methoxy groups -OCH3 is 2. The monoisotopic (exact) mass is 352 g/mol. The molecule has 1 N–H and O–H groups in total. The standard InChI is InChI=1S/C15H13ClN2O4S/c1-21-12-8-11(13(22-2)7-10(12)16)17-15-9-5-3-4-6-14(9)23(19,20)18-15/h3-8H,1-2H3,(H,17,18). The Bertz CT molecular complexity index is 910. The van der Waals surface area contributed by atoms with Gasteiger partial charge in [0, 0.05) is 17.7 Å². The SMILES string of the molecule is COc1cc(NC2=NS(=O)(=O)c3ccccc32)c(OC)cc1Cl. The number of benzene rings is 2. The van der Waals surface area contributed by atoms with E-state index in [0.717, 1.165) is 0 Å². The molecule has 0 unspecified atom stereocenters. The van der Waals surface area contributed by atoms with Crippen LogP contribution < -0.4 is 14.8 Å². The molecule has 0 saturated carbocycles. The molecule has 0 atom stereocenters. The molecule has 0 aliphatic carbocycles. The molecule has 23 heavy (non-hydrogen) atoms. The zero-order valence-corrected chi connectivity index (χ0v) is 13.9. The summed E-state index contributed by atoms with van der Waals surface area (Å²) in [4.78, 5) is 0.169. The lowest BCUT2D eigenvalue weighted by Crippen LogP contribution is -2.12. The van der Waals surface area contributed by atoms with Crippen molar-refractivity contribution < 1.29 is 17.9 Å². The van der Waals surface area contributed by atoms with Gasteiger partial charge in [-0.25, -0.2) is 0 Å². The number of sulfonamides is 1. The molecule has 8 heteroatoms. The summed E-state index contributed by atoms with van der Waals surface area (Å²) in [6, 6.07) is 9.81. The van der Waals surface area contributed by atoms with Gasteiger partial charge < -0.3 is 14.8 Å². The van der Waals surface area contributed by atoms with Crippen LogP contribution in [0, 0.1) is 0 Å². The van der Waals surface area contributed by atoms with Gasteiger partial charge in [0.25, 0.3) is 10.0 Å². The molecule has 0 fully saturated rings. The second-order valence-electron chi connectivity index (χ2n) is 4.72. The third-order valence-corrected chi connectivity index (χ3v) is 4.99. The zero-order chi connectivity index (χ0) is 16.6. The van der Waals surface area contributed by atoms with Crippen molar-refractivity contribution in [2.75, 3.05) is 19.5 Å². The van der Waals surface area contributed by atoms with Crippen LogP contribution in [0.25, 0.3) is 0 Å². The Labute approximate surface area is 138 Å². The van der Waals surface area contributed by atoms with Crippen molar-refractivity contribution in [3.63, 3.8) is 0 Å². The van der Waals surface area contributed by atoms with Crippen molar-refractivity contribution >= 4 is 33.1 Å². The van der Waals surface area contributed by atoms with E-state index < -0.39 is 10.0 Å². The predicted octanol–water partition coefficient (Wildman–Crippen LogP) is 2.92. The molecule has 0 amide bonds. The van der Waals surface area contributed by atoms with Crippen LogP contribution in [0.3, 0.4) is 0 Å². The third-order valence-electron chi connectivity index (χ3n) is 3.36. The van der Waals surface area contributed by atoms with Gasteiger partial charge in [0.05, 0.1) is 24.9 Å². The van der Waals surface area contributed by atoms with Gasteiger partial charge in [-0.2, -0.15) is 8.42 Å². The van der Waals surface area contributed by atoms with Crippen LogP contribution in [0.1, 0.15) is 5.56 Å². The van der Waals surface area contributed by atoms with E-state index in [1.54, 1.807) is 30.3 Å². The first kappa shape index (κ1) is 15.6. The Morgan fingerprint density at radius 3 is 2.48 bits per heavy atom. The molecule has 0 aromatic heterocycles. The van der Waals surface area contributed by atoms with Crippen LogP contribution in [-0.2, 0) is 10.0 Å². The Balaban J connectivity index is 2.07. The van der Waals surface area contributed by atoms with E-state index in [9.17, 15) is 8.42 Å². The van der Waals surface area contributed by atoms with E-state index in [4.69, 9.17) is 21.1 Å². The number of halogens is 1. The minimum atomic E-state index is -3.69. The lowest BCUT2D eigenvalue weighted by Gasteiger charge is -2.13. The zero-order valence-electron chi connectivity index (χ0n) is 12.3. The van der Waals surface area contributed by atoms with Crippen molar-refractivity contribution in [2.45, 2.75) is 4.90 Å². The second kappa shape index (κ2) is 5.75. The number of amidine groups is 1. The first-order chi connectivity index (χ1) is 11.0. The predicted molar refractivity (Wildman–Crippen MR) is 88.3 cm³/mol. The fourth-order valence-corrected chi connectivity index (χ4v) is 3.69. The van der Waals surface area contributed by atoms with Gasteiger partial charge in [0.2, 0.25) is 0 Å². The minimum absolute atomic E-state index is 0.169. The average Bonchev–Trinajstić information content (AvgIpc) is 2.80. The lowest BCUT2D eigenvalue weighted by molar-refractivity contribution is 0.405. The highest BCUT2D eigenvalue weighted by atomic mass is 35.5. The lowest BCUT2D eigenvalue weighted by atomic mass is 10.2. The smallest absolute Gasteiger partial charge is 0.285 e. The van der Waals surface area contributed by atoms with E-state index in [2.05, 4.69) is 9.71 Å². The summed E-state index contributed by atoms with van der Waals surface area (Å²) in [6.07, 6.45) is 0. The number of nitrogens with one attached hydrogen (secondary N) is 1. The number of fused-ring (bicyclic) bond motifs is 1. The van der Waals surface area contributed by atoms with E-state index in [0.29, 0.717) is 27.8 Å². The number of ether oxygens (including phenoxy) is 2. The van der Waals surface area contributed by atoms with Gasteiger partial charge in [0.15, 0.2) is 5.84 Å². The summed E-state index contributed by atoms with van der Waals surface area (Å²) >= 11 is 6.06. The van der Waals surface area contributed by atoms with Crippen LogP contribution in [-0.4, -0.2) is 28.5 Å². The number of rotatable bonds is 3. The molecular weight excluding hydrogens is 340 g/mol. The third kappa shape index (κ3) is 2.73. The van der Waals surface area contributed by atoms with Gasteiger partial charge >= 0.3 is 0 Å². The molecule has 0 radical (unpaired) electrons. The summed E-state index contributed by atoms with van der Waals surface area (Å²) in [5, 5.41) is 3.37. The van der Waals surface area contributed by atoms with E-state index >= 15 is 0 Å². The first-order valence-electron chi connectivity index (χ1n) is 6.59. The number of nitrogens with zero attached hydrogens (tertiary/aromatic N) is 1. The molecule has 0 saturated heterocycles. The van der Waals surface area contributed by atoms with E-state index in [1.807, 2.05) is 0 Å². The molecule has 120 valence electrons. The van der Waals surface area contributed by atoms with Crippen LogP contribution >= 0.6 is 11.6 Å². The van der Waals surface area contributed by atoms with Crippen LogP contribution in [0.4, 0.5) is 5.69 Å². The summed E-state index contributed by atoms with van der Waals surface area (Å²) in [7, 11) is -0.710. The maximum absolute atomic E-state index is 12.1. The molecule has 6 nitrogen and oxygen atoms in total. The molecule has 2 aromatic carbocycles. The van der Waals surface area contributed by atoms with Gasteiger partial charge in [-0.15, -0.1) is 4.40 Å². The highest BCUT2D eigenvalue weighted by molar-refractivity contribution is 7.90. The maximum atomic E-state index is 12.1. The van der Waals surface area contributed by atoms with Crippen molar-refractivity contribution in [1.82, 2.24) is 0 Å². The van der Waals surface area contributed by atoms with Gasteiger partial charge in [-0.1, -0.05) is 23.7 Å². The van der Waals surface area contributed by atoms with Crippen LogP contribution in [0.5, 0.6) is 11.5 Å². The van der Waals surface area contributed by atoms with E-state index in [-0.39, 0.29) is 10.7 Å². The average molecular weight is 353 g/mol. The van der Waals surface area contributed by atoms with Crippen molar-refractivity contribution in [2.24, 2.45) is 4.40 Å². The van der Waals surface area contributed by atoms with Crippen molar-refractivity contribution in [1.29, 1.82) is 0 Å². The molecule has 0 bridgehead atoms. The van der Waals surface area contributed by atoms with Gasteiger partial charge in [0.1, 0.15) is 16.4 Å².